The van der Waals surface area contributed by atoms with Gasteiger partial charge in [-0.3, -0.25) is 0 Å². The normalized spacial score (nSPS) is 20.8. The summed E-state index contributed by atoms with van der Waals surface area (Å²) in [6, 6.07) is 2.17. The molecule has 0 aromatic heterocycles. The molecule has 1 unspecified atom stereocenters. The van der Waals surface area contributed by atoms with Crippen LogP contribution in [0, 0.1) is 0 Å². The summed E-state index contributed by atoms with van der Waals surface area (Å²) in [5.41, 5.74) is 12.9. The number of nitrogens with zero attached hydrogens (tertiary/aromatic N) is 1. The van der Waals surface area contributed by atoms with E-state index in [1.165, 1.54) is 28.5 Å². The first-order valence-electron chi connectivity index (χ1n) is 10.1. The highest BCUT2D eigenvalue weighted by Crippen LogP contribution is 2.38. The molecule has 1 aliphatic heterocycles. The van der Waals surface area contributed by atoms with Crippen molar-refractivity contribution in [2.45, 2.75) is 51.0 Å². The second-order valence-corrected chi connectivity index (χ2v) is 7.67. The number of nitrogens with two attached hydrogens (primary N) is 1. The molecule has 7 heteroatoms. The second-order valence-electron chi connectivity index (χ2n) is 7.67. The molecule has 0 spiro atoms. The number of rotatable bonds is 5. The number of anilines is 1. The minimum absolute atomic E-state index is 0.187. The smallest absolute Gasteiger partial charge is 0.319 e. The van der Waals surface area contributed by atoms with Crippen LogP contribution >= 0.6 is 0 Å². The van der Waals surface area contributed by atoms with Gasteiger partial charge in [0.2, 0.25) is 5.90 Å². The first kappa shape index (κ1) is 18.8. The SMILES string of the molecule is NC=C(CCNC(=O)Nc1c2c(cc3c1CCC3)CCC2)C1=NCC(O)CO1. The minimum atomic E-state index is -0.569. The standard InChI is InChI=1S/C21H28N4O3/c22-10-15(20-24-11-16(26)12-28-20)7-8-23-21(27)25-19-17-5-1-3-13(17)9-14-4-2-6-18(14)19/h9-10,16,26H,1-8,11-12,22H2,(H2,23,25,27). The zero-order chi connectivity index (χ0) is 19.5. The maximum atomic E-state index is 12.5. The van der Waals surface area contributed by atoms with E-state index in [1.807, 2.05) is 0 Å². The average Bonchev–Trinajstić information content (AvgIpc) is 3.35. The molecule has 7 nitrogen and oxygen atoms in total. The number of urea groups is 1. The highest BCUT2D eigenvalue weighted by molar-refractivity contribution is 5.94. The monoisotopic (exact) mass is 384 g/mol. The molecule has 1 aromatic carbocycles. The summed E-state index contributed by atoms with van der Waals surface area (Å²) in [6.07, 6.45) is 8.03. The van der Waals surface area contributed by atoms with E-state index in [2.05, 4.69) is 21.7 Å². The van der Waals surface area contributed by atoms with Crippen molar-refractivity contribution in [1.29, 1.82) is 0 Å². The van der Waals surface area contributed by atoms with Crippen LogP contribution in [0.15, 0.2) is 22.8 Å². The molecular formula is C21H28N4O3. The Morgan fingerprint density at radius 1 is 1.25 bits per heavy atom. The van der Waals surface area contributed by atoms with Gasteiger partial charge < -0.3 is 26.2 Å². The topological polar surface area (TPSA) is 109 Å². The molecule has 0 saturated carbocycles. The quantitative estimate of drug-likeness (QED) is 0.621. The maximum absolute atomic E-state index is 12.5. The number of ether oxygens (including phenoxy) is 1. The number of fused-ring (bicyclic) bond motifs is 2. The lowest BCUT2D eigenvalue weighted by atomic mass is 9.99. The molecule has 0 fully saturated rings. The van der Waals surface area contributed by atoms with E-state index < -0.39 is 6.10 Å². The Hall–Kier alpha value is -2.54. The van der Waals surface area contributed by atoms with Gasteiger partial charge in [0, 0.05) is 24.0 Å². The molecule has 2 aliphatic carbocycles. The number of hydrogen-bond donors (Lipinski definition) is 4. The largest absolute Gasteiger partial charge is 0.475 e. The summed E-state index contributed by atoms with van der Waals surface area (Å²) in [7, 11) is 0. The van der Waals surface area contributed by atoms with Crippen LogP contribution in [0.4, 0.5) is 10.5 Å². The molecule has 1 heterocycles. The molecule has 0 radical (unpaired) electrons. The fourth-order valence-electron chi connectivity index (χ4n) is 4.35. The van der Waals surface area contributed by atoms with Crippen LogP contribution in [0.5, 0.6) is 0 Å². The van der Waals surface area contributed by atoms with Gasteiger partial charge in [0.1, 0.15) is 12.7 Å². The van der Waals surface area contributed by atoms with E-state index >= 15 is 0 Å². The fraction of sp³-hybridized carbons (Fsp3) is 0.524. The van der Waals surface area contributed by atoms with Crippen LogP contribution in [-0.4, -0.2) is 42.8 Å². The minimum Gasteiger partial charge on any atom is -0.475 e. The van der Waals surface area contributed by atoms with E-state index in [0.717, 1.165) is 49.8 Å². The third-order valence-electron chi connectivity index (χ3n) is 5.73. The Morgan fingerprint density at radius 3 is 2.57 bits per heavy atom. The Bertz CT molecular complexity index is 799. The van der Waals surface area contributed by atoms with Crippen LogP contribution in [-0.2, 0) is 30.4 Å². The van der Waals surface area contributed by atoms with Crippen molar-refractivity contribution in [3.8, 4) is 0 Å². The van der Waals surface area contributed by atoms with Crippen molar-refractivity contribution in [3.63, 3.8) is 0 Å². The van der Waals surface area contributed by atoms with Gasteiger partial charge in [-0.15, -0.1) is 0 Å². The molecule has 4 rings (SSSR count). The molecule has 0 bridgehead atoms. The van der Waals surface area contributed by atoms with E-state index in [-0.39, 0.29) is 12.6 Å². The first-order chi connectivity index (χ1) is 13.7. The number of amides is 2. The lowest BCUT2D eigenvalue weighted by Gasteiger charge is -2.20. The highest BCUT2D eigenvalue weighted by Gasteiger charge is 2.25. The molecule has 3 aliphatic rings. The Labute approximate surface area is 165 Å². The molecule has 5 N–H and O–H groups in total. The predicted octanol–water partition coefficient (Wildman–Crippen LogP) is 1.81. The van der Waals surface area contributed by atoms with Crippen LogP contribution in [0.2, 0.25) is 0 Å². The molecular weight excluding hydrogens is 356 g/mol. The van der Waals surface area contributed by atoms with E-state index in [0.29, 0.717) is 25.4 Å². The summed E-state index contributed by atoms with van der Waals surface area (Å²) in [4.78, 5) is 16.7. The Balaban J connectivity index is 1.36. The number of hydrogen-bond acceptors (Lipinski definition) is 5. The van der Waals surface area contributed by atoms with Gasteiger partial charge in [-0.25, -0.2) is 9.79 Å². The average molecular weight is 384 g/mol. The van der Waals surface area contributed by atoms with Gasteiger partial charge in [0.25, 0.3) is 0 Å². The number of benzene rings is 1. The van der Waals surface area contributed by atoms with Crippen molar-refractivity contribution in [2.24, 2.45) is 10.7 Å². The van der Waals surface area contributed by atoms with Crippen LogP contribution in [0.25, 0.3) is 0 Å². The van der Waals surface area contributed by atoms with Crippen LogP contribution in [0.1, 0.15) is 41.5 Å². The number of aliphatic hydroxyl groups excluding tert-OH is 1. The number of nitrogens with one attached hydrogen (secondary N) is 2. The fourth-order valence-corrected chi connectivity index (χ4v) is 4.35. The lowest BCUT2D eigenvalue weighted by molar-refractivity contribution is 0.0952. The molecule has 1 aromatic rings. The van der Waals surface area contributed by atoms with Gasteiger partial charge >= 0.3 is 6.03 Å². The third kappa shape index (κ3) is 3.85. The molecule has 150 valence electrons. The zero-order valence-corrected chi connectivity index (χ0v) is 16.1. The molecule has 28 heavy (non-hydrogen) atoms. The van der Waals surface area contributed by atoms with Crippen LogP contribution < -0.4 is 16.4 Å². The zero-order valence-electron chi connectivity index (χ0n) is 16.1. The van der Waals surface area contributed by atoms with Crippen molar-refractivity contribution in [3.05, 3.63) is 40.1 Å². The van der Waals surface area contributed by atoms with Gasteiger partial charge in [-0.2, -0.15) is 0 Å². The first-order valence-corrected chi connectivity index (χ1v) is 10.1. The summed E-state index contributed by atoms with van der Waals surface area (Å²) < 4.78 is 5.42. The molecule has 2 amide bonds. The molecule has 1 atom stereocenters. The number of carbonyl (C=O) groups is 1. The Kier molecular flexibility index (Phi) is 5.52. The van der Waals surface area contributed by atoms with E-state index in [4.69, 9.17) is 10.5 Å². The van der Waals surface area contributed by atoms with Gasteiger partial charge in [-0.1, -0.05) is 6.07 Å². The van der Waals surface area contributed by atoms with Gasteiger partial charge in [0.15, 0.2) is 0 Å². The number of aryl methyl sites for hydroxylation is 2. The number of carbonyl (C=O) groups excluding carboxylic acids is 1. The maximum Gasteiger partial charge on any atom is 0.319 e. The van der Waals surface area contributed by atoms with Crippen LogP contribution in [0.3, 0.4) is 0 Å². The van der Waals surface area contributed by atoms with Gasteiger partial charge in [-0.05, 0) is 67.2 Å². The van der Waals surface area contributed by atoms with E-state index in [1.54, 1.807) is 0 Å². The van der Waals surface area contributed by atoms with Crippen molar-refractivity contribution < 1.29 is 14.6 Å². The second kappa shape index (κ2) is 8.22. The number of aliphatic hydroxyl groups is 1. The van der Waals surface area contributed by atoms with Crippen molar-refractivity contribution in [2.75, 3.05) is 25.0 Å². The predicted molar refractivity (Wildman–Crippen MR) is 109 cm³/mol. The summed E-state index contributed by atoms with van der Waals surface area (Å²) in [5, 5.41) is 15.5. The Morgan fingerprint density at radius 2 is 1.96 bits per heavy atom. The summed E-state index contributed by atoms with van der Waals surface area (Å²) in [6.45, 7) is 0.955. The van der Waals surface area contributed by atoms with Gasteiger partial charge in [0.05, 0.1) is 6.54 Å². The van der Waals surface area contributed by atoms with Crippen molar-refractivity contribution in [1.82, 2.24) is 5.32 Å². The molecule has 0 saturated heterocycles. The summed E-state index contributed by atoms with van der Waals surface area (Å²) >= 11 is 0. The lowest BCUT2D eigenvalue weighted by Crippen LogP contribution is -2.32. The third-order valence-corrected chi connectivity index (χ3v) is 5.73. The number of aliphatic imine (C=N–C) groups is 1. The van der Waals surface area contributed by atoms with Crippen molar-refractivity contribution >= 4 is 17.6 Å². The highest BCUT2D eigenvalue weighted by atomic mass is 16.5. The van der Waals surface area contributed by atoms with E-state index in [9.17, 15) is 9.90 Å². The summed E-state index contributed by atoms with van der Waals surface area (Å²) in [5.74, 6) is 0.453.